The van der Waals surface area contributed by atoms with Crippen molar-refractivity contribution in [2.75, 3.05) is 83.0 Å². The Morgan fingerprint density at radius 1 is 0.438 bits per heavy atom. The van der Waals surface area contributed by atoms with Gasteiger partial charge in [-0.3, -0.25) is 4.79 Å². The molecule has 105 heavy (non-hydrogen) atoms. The zero-order valence-electron chi connectivity index (χ0n) is 57.8. The lowest BCUT2D eigenvalue weighted by molar-refractivity contribution is -0.115. The number of aliphatic hydroxyl groups is 1. The average Bonchev–Trinajstić information content (AvgIpc) is 1.69. The number of methoxy groups -OCH3 is 4. The van der Waals surface area contributed by atoms with Crippen LogP contribution in [0.3, 0.4) is 0 Å². The molecular formula is C71H70F8N20O6. The molecule has 546 valence electrons. The number of halogens is 8. The van der Waals surface area contributed by atoms with Gasteiger partial charge in [-0.15, -0.1) is 0 Å². The molecule has 12 aromatic rings. The minimum atomic E-state index is -0.683. The highest BCUT2D eigenvalue weighted by molar-refractivity contribution is 5.80. The van der Waals surface area contributed by atoms with E-state index in [4.69, 9.17) is 24.1 Å². The van der Waals surface area contributed by atoms with Gasteiger partial charge in [0.05, 0.1) is 92.5 Å². The summed E-state index contributed by atoms with van der Waals surface area (Å²) in [5, 5.41) is 34.7. The summed E-state index contributed by atoms with van der Waals surface area (Å²) in [7, 11) is 9.29. The first kappa shape index (κ1) is 76.3. The minimum Gasteiger partial charge on any atom is -0.511 e. The fourth-order valence-corrected chi connectivity index (χ4v) is 9.57. The van der Waals surface area contributed by atoms with E-state index in [0.717, 1.165) is 31.2 Å². The van der Waals surface area contributed by atoms with E-state index in [2.05, 4.69) is 82.8 Å². The lowest BCUT2D eigenvalue weighted by Gasteiger charge is -2.12. The molecule has 4 N–H and O–H groups in total. The predicted octanol–water partition coefficient (Wildman–Crippen LogP) is 12.1. The van der Waals surface area contributed by atoms with Gasteiger partial charge in [0.15, 0.2) is 69.8 Å². The van der Waals surface area contributed by atoms with Crippen LogP contribution in [0.15, 0.2) is 158 Å². The van der Waals surface area contributed by atoms with Gasteiger partial charge >= 0.3 is 0 Å². The Balaban J connectivity index is 0.000000162. The van der Waals surface area contributed by atoms with Crippen molar-refractivity contribution in [3.63, 3.8) is 0 Å². The molecule has 0 saturated carbocycles. The topological polar surface area (TPSA) is 288 Å². The summed E-state index contributed by atoms with van der Waals surface area (Å²) in [6.45, 7) is 7.83. The number of ketones is 1. The molecule has 0 atom stereocenters. The molecule has 0 fully saturated rings. The summed E-state index contributed by atoms with van der Waals surface area (Å²) >= 11 is 0. The van der Waals surface area contributed by atoms with Crippen molar-refractivity contribution in [3.8, 4) is 69.6 Å². The summed E-state index contributed by atoms with van der Waals surface area (Å²) in [5.74, 6) is -1.59. The van der Waals surface area contributed by atoms with Gasteiger partial charge in [-0.05, 0) is 37.6 Å². The van der Waals surface area contributed by atoms with Crippen LogP contribution in [0.5, 0.6) is 23.5 Å². The molecule has 4 aromatic carbocycles. The smallest absolute Gasteiger partial charge is 0.212 e. The highest BCUT2D eigenvalue weighted by atomic mass is 19.2. The van der Waals surface area contributed by atoms with Crippen molar-refractivity contribution < 1.29 is 64.0 Å². The number of hydrogen-bond acceptors (Lipinski definition) is 22. The van der Waals surface area contributed by atoms with Crippen LogP contribution in [-0.2, 0) is 31.0 Å². The summed E-state index contributed by atoms with van der Waals surface area (Å²) in [5.41, 5.74) is 3.32. The molecule has 0 spiro atoms. The fraction of sp³-hybridized carbons (Fsp3) is 0.225. The molecule has 12 rings (SSSR count). The summed E-state index contributed by atoms with van der Waals surface area (Å²) in [6, 6.07) is 32.0. The number of carbonyl (C=O) groups is 1. The number of nitrogens with one attached hydrogen (secondary N) is 3. The molecule has 0 bridgehead atoms. The van der Waals surface area contributed by atoms with Gasteiger partial charge in [0.25, 0.3) is 0 Å². The van der Waals surface area contributed by atoms with Crippen molar-refractivity contribution in [2.45, 2.75) is 46.4 Å². The highest BCUT2D eigenvalue weighted by Crippen LogP contribution is 2.29. The number of hydrogen-bond donors (Lipinski definition) is 4. The van der Waals surface area contributed by atoms with Crippen molar-refractivity contribution in [3.05, 3.63) is 227 Å². The number of nitrogens with zero attached hydrogens (tertiary/aromatic N) is 17. The largest absolute Gasteiger partial charge is 0.511 e. The van der Waals surface area contributed by atoms with Crippen LogP contribution >= 0.6 is 0 Å². The Kier molecular flexibility index (Phi) is 26.2. The van der Waals surface area contributed by atoms with Crippen molar-refractivity contribution in [1.82, 2.24) is 79.0 Å². The van der Waals surface area contributed by atoms with Gasteiger partial charge in [0.2, 0.25) is 23.5 Å². The van der Waals surface area contributed by atoms with E-state index in [-0.39, 0.29) is 121 Å². The highest BCUT2D eigenvalue weighted by Gasteiger charge is 2.22. The van der Waals surface area contributed by atoms with Crippen LogP contribution in [0, 0.1) is 46.5 Å². The first-order valence-electron chi connectivity index (χ1n) is 31.8. The van der Waals surface area contributed by atoms with Crippen LogP contribution in [0.25, 0.3) is 46.1 Å². The van der Waals surface area contributed by atoms with Gasteiger partial charge in [-0.2, -0.15) is 20.4 Å². The maximum absolute atomic E-state index is 13.9. The van der Waals surface area contributed by atoms with Gasteiger partial charge in [-0.1, -0.05) is 86.3 Å². The molecule has 0 amide bonds. The van der Waals surface area contributed by atoms with Crippen molar-refractivity contribution >= 4 is 29.1 Å². The number of ether oxygens (including phenoxy) is 4. The normalized spacial score (nSPS) is 10.7. The zero-order valence-corrected chi connectivity index (χ0v) is 57.8. The Hall–Kier alpha value is -12.9. The molecular weight excluding hydrogens is 1380 g/mol. The summed E-state index contributed by atoms with van der Waals surface area (Å²) in [4.78, 5) is 45.0. The van der Waals surface area contributed by atoms with E-state index in [1.165, 1.54) is 78.4 Å². The maximum Gasteiger partial charge on any atom is 0.212 e. The van der Waals surface area contributed by atoms with Crippen LogP contribution < -0.4 is 39.8 Å². The predicted molar refractivity (Wildman–Crippen MR) is 374 cm³/mol. The van der Waals surface area contributed by atoms with Gasteiger partial charge in [-0.25, -0.2) is 93.7 Å². The number of benzene rings is 4. The number of carbonyl (C=O) groups excluding carboxylic acids is 1. The molecule has 26 nitrogen and oxygen atoms in total. The molecule has 0 radical (unpaired) electrons. The van der Waals surface area contributed by atoms with Crippen LogP contribution in [0.2, 0.25) is 0 Å². The molecule has 0 saturated heterocycles. The number of anilines is 4. The molecule has 0 unspecified atom stereocenters. The molecule has 34 heteroatoms. The van der Waals surface area contributed by atoms with E-state index < -0.39 is 23.3 Å². The number of rotatable bonds is 26. The zero-order chi connectivity index (χ0) is 75.3. The van der Waals surface area contributed by atoms with Gasteiger partial charge < -0.3 is 44.9 Å². The Morgan fingerprint density at radius 3 is 1.00 bits per heavy atom. The van der Waals surface area contributed by atoms with Crippen molar-refractivity contribution in [2.24, 2.45) is 0 Å². The fourth-order valence-electron chi connectivity index (χ4n) is 9.57. The second-order valence-corrected chi connectivity index (χ2v) is 22.6. The average molecular weight is 1450 g/mol. The Bertz CT molecular complexity index is 4800. The van der Waals surface area contributed by atoms with E-state index in [1.54, 1.807) is 116 Å². The second-order valence-electron chi connectivity index (χ2n) is 22.6. The second kappa shape index (κ2) is 36.1. The third kappa shape index (κ3) is 20.2. The van der Waals surface area contributed by atoms with E-state index >= 15 is 0 Å². The molecule has 0 aliphatic heterocycles. The SMILES string of the molecule is C=C(O)CNc1nc(-c2cc(OC)n(Cc3ccccc3F)n2)ncc1F.CCCNc1nc(-c2cc(OC)n(Cc3ccccc3F)n2)ncc1F.COc1cc(-c2ncc(F)c(N(C)C)n2)nn1Cc1ccccc1F.COc1cc(-c2ncc(F)c(NCC(C)=O)n2)nn1Cc1ccccc1F. The van der Waals surface area contributed by atoms with E-state index in [0.29, 0.717) is 75.1 Å². The third-order valence-corrected chi connectivity index (χ3v) is 14.7. The quantitative estimate of drug-likeness (QED) is 0.0289. The van der Waals surface area contributed by atoms with Crippen LogP contribution in [-0.4, -0.2) is 152 Å². The Labute approximate surface area is 596 Å². The number of aliphatic hydroxyl groups excluding tert-OH is 1. The standard InChI is InChI=1S/2C18H17F2N5O2.C18H19F2N5O.C17H17F2N5O/c2*1-11(26)8-21-17-14(20)9-22-18(23-17)15-7-16(27-2)25(24-15)10-12-5-3-4-6-13(12)19;1-3-8-21-17-14(20)10-22-18(23-17)15-9-16(26-2)25(24-15)11-12-6-4-5-7-13(12)19;1-23(2)17-13(19)9-20-16(21-17)14-8-15(25-3)24(22-14)10-11-6-4-5-7-12(11)18/h3-7,9H,8,10H2,1-2H3,(H,21,22,23);3-7,9,26H,1,8,10H2,2H3,(H,21,22,23);4-7,9-10H,3,8,11H2,1-2H3,(H,21,22,23);4-9H,10H2,1-3H3. The first-order valence-corrected chi connectivity index (χ1v) is 31.8. The third-order valence-electron chi connectivity index (χ3n) is 14.7. The van der Waals surface area contributed by atoms with E-state index in [1.807, 2.05) is 6.92 Å². The minimum absolute atomic E-state index is 0.0571. The molecule has 8 aromatic heterocycles. The number of Topliss-reactive ketones (excluding diaryl/α,β-unsaturated/α-hetero) is 1. The monoisotopic (exact) mass is 1450 g/mol. The lowest BCUT2D eigenvalue weighted by Crippen LogP contribution is -2.13. The summed E-state index contributed by atoms with van der Waals surface area (Å²) in [6.07, 6.45) is 5.02. The van der Waals surface area contributed by atoms with Crippen LogP contribution in [0.1, 0.15) is 42.5 Å². The molecule has 8 heterocycles. The lowest BCUT2D eigenvalue weighted by atomic mass is 10.2. The van der Waals surface area contributed by atoms with Gasteiger partial charge in [0.1, 0.15) is 57.6 Å². The molecule has 0 aliphatic rings. The Morgan fingerprint density at radius 2 is 0.724 bits per heavy atom. The van der Waals surface area contributed by atoms with Gasteiger partial charge in [0, 0.05) is 67.2 Å². The molecule has 0 aliphatic carbocycles. The van der Waals surface area contributed by atoms with Crippen molar-refractivity contribution in [1.29, 1.82) is 0 Å². The summed E-state index contributed by atoms with van der Waals surface area (Å²) < 4.78 is 138. The first-order chi connectivity index (χ1) is 50.6. The van der Waals surface area contributed by atoms with Crippen LogP contribution in [0.4, 0.5) is 58.4 Å². The number of aromatic nitrogens is 16. The van der Waals surface area contributed by atoms with E-state index in [9.17, 15) is 39.9 Å². The maximum atomic E-state index is 13.9.